The van der Waals surface area contributed by atoms with Gasteiger partial charge in [-0.1, -0.05) is 37.5 Å². The standard InChI is InChI=1S/C18H15N7/c1-3-4-7-11(2)16-15(14-8-5-6-9-25(14)24-16)13-10-12-17(19)21-23-18(12)22-20-13/h3-10H,1-2H2,(H3,19,21,22,23). The Hall–Kier alpha value is -3.74. The number of hydrogen-bond acceptors (Lipinski definition) is 5. The zero-order valence-electron chi connectivity index (χ0n) is 13.3. The lowest BCUT2D eigenvalue weighted by molar-refractivity contribution is 0.952. The zero-order valence-corrected chi connectivity index (χ0v) is 13.3. The van der Waals surface area contributed by atoms with E-state index in [1.165, 1.54) is 0 Å². The van der Waals surface area contributed by atoms with Crippen LogP contribution < -0.4 is 5.73 Å². The fourth-order valence-corrected chi connectivity index (χ4v) is 2.70. The Morgan fingerprint density at radius 1 is 1.28 bits per heavy atom. The Labute approximate surface area is 143 Å². The Bertz CT molecular complexity index is 1150. The Morgan fingerprint density at radius 3 is 3.00 bits per heavy atom. The van der Waals surface area contributed by atoms with E-state index in [2.05, 4.69) is 38.7 Å². The van der Waals surface area contributed by atoms with Gasteiger partial charge in [0.1, 0.15) is 11.5 Å². The molecule has 3 N–H and O–H groups in total. The second kappa shape index (κ2) is 5.72. The third-order valence-electron chi connectivity index (χ3n) is 3.88. The second-order valence-corrected chi connectivity index (χ2v) is 5.48. The quantitative estimate of drug-likeness (QED) is 0.561. The summed E-state index contributed by atoms with van der Waals surface area (Å²) in [6.45, 7) is 7.80. The summed E-state index contributed by atoms with van der Waals surface area (Å²) in [5, 5.41) is 20.6. The molecule has 7 heteroatoms. The van der Waals surface area contributed by atoms with Crippen molar-refractivity contribution in [3.8, 4) is 11.3 Å². The number of hydrogen-bond donors (Lipinski definition) is 2. The van der Waals surface area contributed by atoms with Gasteiger partial charge in [0.25, 0.3) is 0 Å². The Morgan fingerprint density at radius 2 is 2.16 bits per heavy atom. The molecule has 4 heterocycles. The van der Waals surface area contributed by atoms with Gasteiger partial charge in [0, 0.05) is 6.20 Å². The summed E-state index contributed by atoms with van der Waals surface area (Å²) in [5.74, 6) is 0.453. The van der Waals surface area contributed by atoms with Crippen LogP contribution in [0.2, 0.25) is 0 Å². The number of nitrogen functional groups attached to an aromatic ring is 1. The van der Waals surface area contributed by atoms with Crippen molar-refractivity contribution in [1.29, 1.82) is 0 Å². The smallest absolute Gasteiger partial charge is 0.204 e. The molecule has 4 aromatic rings. The zero-order chi connectivity index (χ0) is 17.4. The molecule has 0 bridgehead atoms. The maximum atomic E-state index is 5.93. The van der Waals surface area contributed by atoms with Gasteiger partial charge in [0.05, 0.1) is 22.2 Å². The van der Waals surface area contributed by atoms with Gasteiger partial charge in [-0.3, -0.25) is 5.10 Å². The summed E-state index contributed by atoms with van der Waals surface area (Å²) in [7, 11) is 0. The number of aromatic amines is 1. The molecule has 0 aliphatic carbocycles. The van der Waals surface area contributed by atoms with Crippen LogP contribution in [0.15, 0.2) is 61.8 Å². The van der Waals surface area contributed by atoms with Crippen molar-refractivity contribution in [1.82, 2.24) is 30.0 Å². The highest BCUT2D eigenvalue weighted by Gasteiger charge is 2.18. The molecule has 4 rings (SSSR count). The number of nitrogens with two attached hydrogens (primary N) is 1. The van der Waals surface area contributed by atoms with Crippen LogP contribution in [0.4, 0.5) is 5.82 Å². The van der Waals surface area contributed by atoms with Crippen LogP contribution in [0.5, 0.6) is 0 Å². The van der Waals surface area contributed by atoms with Gasteiger partial charge in [-0.25, -0.2) is 4.52 Å². The molecule has 0 atom stereocenters. The number of rotatable bonds is 4. The largest absolute Gasteiger partial charge is 0.384 e. The van der Waals surface area contributed by atoms with E-state index >= 15 is 0 Å². The first-order valence-electron chi connectivity index (χ1n) is 7.62. The predicted octanol–water partition coefficient (Wildman–Crippen LogP) is 3.01. The molecule has 0 unspecified atom stereocenters. The third-order valence-corrected chi connectivity index (χ3v) is 3.88. The van der Waals surface area contributed by atoms with Crippen LogP contribution in [0.3, 0.4) is 0 Å². The average Bonchev–Trinajstić information content (AvgIpc) is 3.20. The fraction of sp³-hybridized carbons (Fsp3) is 0. The van der Waals surface area contributed by atoms with Crippen LogP contribution >= 0.6 is 0 Å². The molecule has 0 fully saturated rings. The van der Waals surface area contributed by atoms with Crippen LogP contribution in [0.1, 0.15) is 5.69 Å². The Balaban J connectivity index is 2.00. The summed E-state index contributed by atoms with van der Waals surface area (Å²) in [6, 6.07) is 7.70. The third kappa shape index (κ3) is 2.38. The first-order chi connectivity index (χ1) is 12.2. The van der Waals surface area contributed by atoms with Crippen molar-refractivity contribution < 1.29 is 0 Å². The predicted molar refractivity (Wildman–Crippen MR) is 98.7 cm³/mol. The van der Waals surface area contributed by atoms with Crippen LogP contribution in [-0.4, -0.2) is 30.0 Å². The second-order valence-electron chi connectivity index (χ2n) is 5.48. The fourth-order valence-electron chi connectivity index (χ4n) is 2.70. The van der Waals surface area contributed by atoms with Gasteiger partial charge in [0.15, 0.2) is 0 Å². The van der Waals surface area contributed by atoms with E-state index in [4.69, 9.17) is 5.73 Å². The topological polar surface area (TPSA) is 97.8 Å². The molecule has 0 saturated carbocycles. The van der Waals surface area contributed by atoms with Gasteiger partial charge in [-0.05, 0) is 23.8 Å². The van der Waals surface area contributed by atoms with Crippen molar-refractivity contribution in [3.63, 3.8) is 0 Å². The first-order valence-corrected chi connectivity index (χ1v) is 7.62. The van der Waals surface area contributed by atoms with Gasteiger partial charge < -0.3 is 5.73 Å². The van der Waals surface area contributed by atoms with E-state index in [0.29, 0.717) is 17.2 Å². The van der Waals surface area contributed by atoms with Crippen molar-refractivity contribution in [2.45, 2.75) is 0 Å². The summed E-state index contributed by atoms with van der Waals surface area (Å²) in [6.07, 6.45) is 7.25. The van der Waals surface area contributed by atoms with E-state index in [0.717, 1.165) is 27.7 Å². The number of nitrogens with one attached hydrogen (secondary N) is 1. The molecule has 25 heavy (non-hydrogen) atoms. The van der Waals surface area contributed by atoms with Crippen molar-refractivity contribution >= 4 is 27.9 Å². The van der Waals surface area contributed by atoms with E-state index in [1.54, 1.807) is 10.6 Å². The maximum absolute atomic E-state index is 5.93. The average molecular weight is 329 g/mol. The summed E-state index contributed by atoms with van der Waals surface area (Å²) >= 11 is 0. The number of allylic oxidation sites excluding steroid dienone is 4. The summed E-state index contributed by atoms with van der Waals surface area (Å²) in [5.41, 5.74) is 10.3. The van der Waals surface area contributed by atoms with Gasteiger partial charge in [0.2, 0.25) is 5.65 Å². The highest BCUT2D eigenvalue weighted by molar-refractivity contribution is 5.94. The van der Waals surface area contributed by atoms with E-state index in [-0.39, 0.29) is 0 Å². The number of anilines is 1. The molecule has 0 aromatic carbocycles. The molecule has 0 aliphatic heterocycles. The van der Waals surface area contributed by atoms with E-state index in [9.17, 15) is 0 Å². The van der Waals surface area contributed by atoms with Crippen molar-refractivity contribution in [2.75, 3.05) is 5.73 Å². The highest BCUT2D eigenvalue weighted by Crippen LogP contribution is 2.32. The van der Waals surface area contributed by atoms with Crippen molar-refractivity contribution in [2.24, 2.45) is 0 Å². The molecule has 122 valence electrons. The van der Waals surface area contributed by atoms with Gasteiger partial charge in [-0.15, -0.1) is 10.2 Å². The highest BCUT2D eigenvalue weighted by atomic mass is 15.2. The molecule has 0 radical (unpaired) electrons. The number of pyridine rings is 1. The molecular formula is C18H15N7. The first kappa shape index (κ1) is 14.8. The molecule has 0 saturated heterocycles. The minimum Gasteiger partial charge on any atom is -0.384 e. The van der Waals surface area contributed by atoms with Gasteiger partial charge in [-0.2, -0.15) is 10.2 Å². The van der Waals surface area contributed by atoms with Crippen LogP contribution in [-0.2, 0) is 0 Å². The lowest BCUT2D eigenvalue weighted by atomic mass is 10.0. The molecule has 0 aliphatic rings. The summed E-state index contributed by atoms with van der Waals surface area (Å²) < 4.78 is 1.79. The maximum Gasteiger partial charge on any atom is 0.204 e. The normalized spacial score (nSPS) is 11.5. The SMILES string of the molecule is C=CC=CC(=C)c1nn2ccccc2c1-c1cc2c(N)[nH]nc2nn1. The number of H-pyrrole nitrogens is 1. The molecule has 4 aromatic heterocycles. The van der Waals surface area contributed by atoms with Crippen LogP contribution in [0.25, 0.3) is 33.4 Å². The van der Waals surface area contributed by atoms with E-state index in [1.807, 2.05) is 42.6 Å². The number of fused-ring (bicyclic) bond motifs is 2. The van der Waals surface area contributed by atoms with Gasteiger partial charge >= 0.3 is 0 Å². The van der Waals surface area contributed by atoms with E-state index < -0.39 is 0 Å². The Kier molecular flexibility index (Phi) is 3.39. The lowest BCUT2D eigenvalue weighted by Crippen LogP contribution is -1.92. The molecular weight excluding hydrogens is 314 g/mol. The minimum absolute atomic E-state index is 0.453. The molecule has 0 spiro atoms. The number of nitrogens with zero attached hydrogens (tertiary/aromatic N) is 5. The molecule has 0 amide bonds. The molecule has 7 nitrogen and oxygen atoms in total. The van der Waals surface area contributed by atoms with Crippen molar-refractivity contribution in [3.05, 3.63) is 67.5 Å². The van der Waals surface area contributed by atoms with Crippen LogP contribution in [0, 0.1) is 0 Å². The monoisotopic (exact) mass is 329 g/mol. The number of aromatic nitrogens is 6. The summed E-state index contributed by atoms with van der Waals surface area (Å²) in [4.78, 5) is 0. The lowest BCUT2D eigenvalue weighted by Gasteiger charge is -2.02. The minimum atomic E-state index is 0.453.